The zero-order valence-electron chi connectivity index (χ0n) is 10.3. The van der Waals surface area contributed by atoms with Gasteiger partial charge in [-0.05, 0) is 37.0 Å². The number of amides is 1. The van der Waals surface area contributed by atoms with E-state index in [9.17, 15) is 4.79 Å². The lowest BCUT2D eigenvalue weighted by Crippen LogP contribution is -2.58. The molecule has 0 unspecified atom stereocenters. The van der Waals surface area contributed by atoms with E-state index in [1.807, 2.05) is 0 Å². The number of rotatable bonds is 2. The SMILES string of the molecule is CC(C)(C)C1(NC(=O)O)CCC(CI)CC1. The van der Waals surface area contributed by atoms with E-state index in [1.165, 1.54) is 4.43 Å². The fraction of sp³-hybridized carbons (Fsp3) is 0.917. The van der Waals surface area contributed by atoms with Gasteiger partial charge in [0.1, 0.15) is 0 Å². The van der Waals surface area contributed by atoms with Crippen molar-refractivity contribution >= 4 is 28.7 Å². The second kappa shape index (κ2) is 5.10. The van der Waals surface area contributed by atoms with Crippen LogP contribution in [0.2, 0.25) is 0 Å². The minimum Gasteiger partial charge on any atom is -0.465 e. The molecule has 0 aromatic heterocycles. The van der Waals surface area contributed by atoms with Gasteiger partial charge in [-0.25, -0.2) is 4.79 Å². The van der Waals surface area contributed by atoms with Gasteiger partial charge in [-0.2, -0.15) is 0 Å². The molecule has 1 fully saturated rings. The standard InChI is InChI=1S/C12H22INO2/c1-11(2,3)12(14-10(15)16)6-4-9(8-13)5-7-12/h9,14H,4-8H2,1-3H3,(H,15,16). The van der Waals surface area contributed by atoms with E-state index >= 15 is 0 Å². The molecule has 3 nitrogen and oxygen atoms in total. The maximum Gasteiger partial charge on any atom is 0.405 e. The van der Waals surface area contributed by atoms with Crippen molar-refractivity contribution in [3.05, 3.63) is 0 Å². The predicted molar refractivity (Wildman–Crippen MR) is 74.2 cm³/mol. The minimum atomic E-state index is -0.886. The molecule has 0 bridgehead atoms. The molecular formula is C12H22INO2. The number of hydrogen-bond donors (Lipinski definition) is 2. The maximum absolute atomic E-state index is 11.0. The first-order chi connectivity index (χ1) is 7.31. The van der Waals surface area contributed by atoms with Gasteiger partial charge in [-0.1, -0.05) is 43.4 Å². The van der Waals surface area contributed by atoms with E-state index in [0.717, 1.165) is 31.6 Å². The van der Waals surface area contributed by atoms with Crippen LogP contribution in [-0.4, -0.2) is 21.2 Å². The molecule has 0 spiro atoms. The van der Waals surface area contributed by atoms with Gasteiger partial charge >= 0.3 is 6.09 Å². The minimum absolute atomic E-state index is 0.0123. The molecule has 4 heteroatoms. The highest BCUT2D eigenvalue weighted by molar-refractivity contribution is 14.1. The van der Waals surface area contributed by atoms with Crippen LogP contribution in [0.4, 0.5) is 4.79 Å². The lowest BCUT2D eigenvalue weighted by atomic mass is 9.64. The number of hydrogen-bond acceptors (Lipinski definition) is 1. The molecular weight excluding hydrogens is 317 g/mol. The highest BCUT2D eigenvalue weighted by atomic mass is 127. The Balaban J connectivity index is 2.79. The molecule has 0 heterocycles. The van der Waals surface area contributed by atoms with Crippen molar-refractivity contribution in [3.8, 4) is 0 Å². The Kier molecular flexibility index (Phi) is 4.49. The van der Waals surface area contributed by atoms with Crippen molar-refractivity contribution in [3.63, 3.8) is 0 Å². The smallest absolute Gasteiger partial charge is 0.405 e. The first-order valence-corrected chi connectivity index (χ1v) is 7.40. The Morgan fingerprint density at radius 1 is 1.44 bits per heavy atom. The predicted octanol–water partition coefficient (Wildman–Crippen LogP) is 3.66. The lowest BCUT2D eigenvalue weighted by molar-refractivity contribution is 0.0715. The molecule has 1 amide bonds. The van der Waals surface area contributed by atoms with Crippen LogP contribution in [0.3, 0.4) is 0 Å². The summed E-state index contributed by atoms with van der Waals surface area (Å²) in [5, 5.41) is 11.8. The zero-order chi connectivity index (χ0) is 12.4. The fourth-order valence-electron chi connectivity index (χ4n) is 2.59. The van der Waals surface area contributed by atoms with Gasteiger partial charge in [-0.15, -0.1) is 0 Å². The molecule has 2 N–H and O–H groups in total. The van der Waals surface area contributed by atoms with E-state index in [4.69, 9.17) is 5.11 Å². The summed E-state index contributed by atoms with van der Waals surface area (Å²) in [6.45, 7) is 6.40. The van der Waals surface area contributed by atoms with E-state index in [1.54, 1.807) is 0 Å². The number of carboxylic acid groups (broad SMARTS) is 1. The van der Waals surface area contributed by atoms with Crippen LogP contribution in [0.5, 0.6) is 0 Å². The number of nitrogens with one attached hydrogen (secondary N) is 1. The average molecular weight is 339 g/mol. The van der Waals surface area contributed by atoms with Crippen LogP contribution >= 0.6 is 22.6 Å². The molecule has 0 saturated heterocycles. The Morgan fingerprint density at radius 3 is 2.25 bits per heavy atom. The van der Waals surface area contributed by atoms with Gasteiger partial charge < -0.3 is 10.4 Å². The van der Waals surface area contributed by atoms with Gasteiger partial charge in [0.25, 0.3) is 0 Å². The summed E-state index contributed by atoms with van der Waals surface area (Å²) in [5.74, 6) is 0.770. The first-order valence-electron chi connectivity index (χ1n) is 5.88. The normalized spacial score (nSPS) is 31.1. The second-order valence-electron chi connectivity index (χ2n) is 5.86. The quantitative estimate of drug-likeness (QED) is 0.596. The van der Waals surface area contributed by atoms with Crippen molar-refractivity contribution < 1.29 is 9.90 Å². The Bertz CT molecular complexity index is 252. The summed E-state index contributed by atoms with van der Waals surface area (Å²) in [5.41, 5.74) is -0.247. The van der Waals surface area contributed by atoms with Crippen LogP contribution < -0.4 is 5.32 Å². The molecule has 0 aromatic carbocycles. The Hall–Kier alpha value is 0. The van der Waals surface area contributed by atoms with Crippen molar-refractivity contribution in [1.29, 1.82) is 0 Å². The Morgan fingerprint density at radius 2 is 1.94 bits per heavy atom. The third-order valence-corrected chi connectivity index (χ3v) is 5.20. The highest BCUT2D eigenvalue weighted by Gasteiger charge is 2.45. The molecule has 1 aliphatic rings. The lowest BCUT2D eigenvalue weighted by Gasteiger charge is -2.48. The number of halogens is 1. The second-order valence-corrected chi connectivity index (χ2v) is 6.74. The molecule has 16 heavy (non-hydrogen) atoms. The van der Waals surface area contributed by atoms with Crippen LogP contribution in [0.1, 0.15) is 46.5 Å². The molecule has 0 radical (unpaired) electrons. The molecule has 0 aliphatic heterocycles. The largest absolute Gasteiger partial charge is 0.465 e. The Labute approximate surface area is 112 Å². The molecule has 1 aliphatic carbocycles. The molecule has 0 aromatic rings. The van der Waals surface area contributed by atoms with E-state index in [0.29, 0.717) is 0 Å². The van der Waals surface area contributed by atoms with Crippen LogP contribution in [0.25, 0.3) is 0 Å². The average Bonchev–Trinajstić information content (AvgIpc) is 2.16. The zero-order valence-corrected chi connectivity index (χ0v) is 12.5. The van der Waals surface area contributed by atoms with E-state index in [2.05, 4.69) is 48.7 Å². The van der Waals surface area contributed by atoms with Crippen molar-refractivity contribution in [2.24, 2.45) is 11.3 Å². The van der Waals surface area contributed by atoms with Gasteiger partial charge in [0.15, 0.2) is 0 Å². The fourth-order valence-corrected chi connectivity index (χ4v) is 3.47. The molecule has 1 rings (SSSR count). The molecule has 1 saturated carbocycles. The van der Waals surface area contributed by atoms with Crippen LogP contribution in [-0.2, 0) is 0 Å². The van der Waals surface area contributed by atoms with Crippen LogP contribution in [0.15, 0.2) is 0 Å². The third kappa shape index (κ3) is 3.02. The van der Waals surface area contributed by atoms with Crippen LogP contribution in [0, 0.1) is 11.3 Å². The van der Waals surface area contributed by atoms with Crippen molar-refractivity contribution in [1.82, 2.24) is 5.32 Å². The summed E-state index contributed by atoms with van der Waals surface area (Å²) in [6.07, 6.45) is 3.33. The molecule has 0 atom stereocenters. The van der Waals surface area contributed by atoms with E-state index in [-0.39, 0.29) is 11.0 Å². The van der Waals surface area contributed by atoms with Crippen molar-refractivity contribution in [2.75, 3.05) is 4.43 Å². The summed E-state index contributed by atoms with van der Waals surface area (Å²) < 4.78 is 1.19. The monoisotopic (exact) mass is 339 g/mol. The maximum atomic E-state index is 11.0. The van der Waals surface area contributed by atoms with Crippen molar-refractivity contribution in [2.45, 2.75) is 52.0 Å². The summed E-state index contributed by atoms with van der Waals surface area (Å²) in [6, 6.07) is 0. The van der Waals surface area contributed by atoms with Gasteiger partial charge in [0, 0.05) is 9.97 Å². The number of alkyl halides is 1. The topological polar surface area (TPSA) is 49.3 Å². The van der Waals surface area contributed by atoms with Gasteiger partial charge in [-0.3, -0.25) is 0 Å². The summed E-state index contributed by atoms with van der Waals surface area (Å²) >= 11 is 2.43. The van der Waals surface area contributed by atoms with Gasteiger partial charge in [0.05, 0.1) is 0 Å². The number of carbonyl (C=O) groups is 1. The van der Waals surface area contributed by atoms with E-state index < -0.39 is 6.09 Å². The molecule has 94 valence electrons. The summed E-state index contributed by atoms with van der Waals surface area (Å²) in [4.78, 5) is 11.0. The first kappa shape index (κ1) is 14.1. The third-order valence-electron chi connectivity index (χ3n) is 3.96. The van der Waals surface area contributed by atoms with Gasteiger partial charge in [0.2, 0.25) is 0 Å². The summed E-state index contributed by atoms with van der Waals surface area (Å²) in [7, 11) is 0. The highest BCUT2D eigenvalue weighted by Crippen LogP contribution is 2.43.